The molecule has 0 saturated heterocycles. The zero-order chi connectivity index (χ0) is 14.9. The summed E-state index contributed by atoms with van der Waals surface area (Å²) in [4.78, 5) is 0. The third kappa shape index (κ3) is 4.91. The van der Waals surface area contributed by atoms with Crippen LogP contribution in [0.3, 0.4) is 0 Å². The maximum Gasteiger partial charge on any atom is 0.281 e. The number of nitrogens with one attached hydrogen (secondary N) is 1. The minimum absolute atomic E-state index is 0.614. The Morgan fingerprint density at radius 2 is 1.57 bits per heavy atom. The molecular formula is C15H29N3O2S. The molecule has 3 fully saturated rings. The molecule has 122 valence electrons. The van der Waals surface area contributed by atoms with Crippen molar-refractivity contribution in [3.8, 4) is 0 Å². The monoisotopic (exact) mass is 315 g/mol. The van der Waals surface area contributed by atoms with Crippen LogP contribution in [0.2, 0.25) is 0 Å². The first-order valence-electron chi connectivity index (χ1n) is 8.50. The van der Waals surface area contributed by atoms with Crippen LogP contribution in [0.1, 0.15) is 44.9 Å². The van der Waals surface area contributed by atoms with Crippen LogP contribution in [-0.4, -0.2) is 56.3 Å². The number of hydrogen-bond donors (Lipinski definition) is 1. The Labute approximate surface area is 129 Å². The summed E-state index contributed by atoms with van der Waals surface area (Å²) < 4.78 is 28.8. The van der Waals surface area contributed by atoms with Crippen LogP contribution in [-0.2, 0) is 10.2 Å². The molecule has 21 heavy (non-hydrogen) atoms. The highest BCUT2D eigenvalue weighted by Crippen LogP contribution is 2.35. The molecule has 1 N–H and O–H groups in total. The van der Waals surface area contributed by atoms with Gasteiger partial charge < -0.3 is 5.32 Å². The molecule has 6 heteroatoms. The van der Waals surface area contributed by atoms with Crippen LogP contribution in [0.4, 0.5) is 0 Å². The van der Waals surface area contributed by atoms with E-state index in [1.165, 1.54) is 38.5 Å². The molecule has 0 aromatic carbocycles. The lowest BCUT2D eigenvalue weighted by atomic mass is 10.4. The molecular weight excluding hydrogens is 286 g/mol. The second-order valence-corrected chi connectivity index (χ2v) is 9.15. The third-order valence-corrected chi connectivity index (χ3v) is 6.62. The molecule has 3 rings (SSSR count). The number of hydrogen-bond acceptors (Lipinski definition) is 3. The summed E-state index contributed by atoms with van der Waals surface area (Å²) in [5.74, 6) is 1.23. The smallest absolute Gasteiger partial charge is 0.281 e. The number of nitrogens with zero attached hydrogens (tertiary/aromatic N) is 2. The van der Waals surface area contributed by atoms with E-state index in [-0.39, 0.29) is 0 Å². The average Bonchev–Trinajstić information content (AvgIpc) is 3.26. The molecule has 0 radical (unpaired) electrons. The van der Waals surface area contributed by atoms with Crippen LogP contribution in [0.5, 0.6) is 0 Å². The first-order valence-corrected chi connectivity index (χ1v) is 9.90. The normalized spacial score (nSPS) is 23.2. The second kappa shape index (κ2) is 6.52. The zero-order valence-corrected chi connectivity index (χ0v) is 13.9. The summed E-state index contributed by atoms with van der Waals surface area (Å²) in [6.07, 6.45) is 8.26. The summed E-state index contributed by atoms with van der Waals surface area (Å²) in [5.41, 5.74) is 0. The molecule has 0 spiro atoms. The molecule has 0 heterocycles. The topological polar surface area (TPSA) is 52.7 Å². The third-order valence-electron chi connectivity index (χ3n) is 4.70. The quantitative estimate of drug-likeness (QED) is 0.587. The van der Waals surface area contributed by atoms with Crippen molar-refractivity contribution in [2.75, 3.05) is 33.2 Å². The predicted octanol–water partition coefficient (Wildman–Crippen LogP) is 1.43. The standard InChI is InChI=1S/C15H29N3O2S/c1-17(10-2-9-16-15-7-8-15)21(19,20)18(11-13-3-4-13)12-14-5-6-14/h13-16H,2-12H2,1H3. The maximum atomic E-state index is 12.7. The Balaban J connectivity index is 1.47. The fourth-order valence-electron chi connectivity index (χ4n) is 2.65. The molecule has 3 aliphatic carbocycles. The lowest BCUT2D eigenvalue weighted by Crippen LogP contribution is -2.44. The summed E-state index contributed by atoms with van der Waals surface area (Å²) >= 11 is 0. The molecule has 3 aliphatic rings. The molecule has 0 bridgehead atoms. The first kappa shape index (κ1) is 15.7. The second-order valence-electron chi connectivity index (χ2n) is 7.11. The SMILES string of the molecule is CN(CCCNC1CC1)S(=O)(=O)N(CC1CC1)CC1CC1. The highest BCUT2D eigenvalue weighted by atomic mass is 32.2. The highest BCUT2D eigenvalue weighted by molar-refractivity contribution is 7.86. The van der Waals surface area contributed by atoms with E-state index in [1.807, 2.05) is 0 Å². The zero-order valence-electron chi connectivity index (χ0n) is 13.1. The Morgan fingerprint density at radius 1 is 1.00 bits per heavy atom. The minimum atomic E-state index is -3.26. The Bertz CT molecular complexity index is 428. The van der Waals surface area contributed by atoms with Crippen molar-refractivity contribution in [2.45, 2.75) is 51.0 Å². The van der Waals surface area contributed by atoms with Gasteiger partial charge in [-0.3, -0.25) is 0 Å². The van der Waals surface area contributed by atoms with Crippen molar-refractivity contribution >= 4 is 10.2 Å². The Hall–Kier alpha value is -0.170. The van der Waals surface area contributed by atoms with Gasteiger partial charge in [0.25, 0.3) is 10.2 Å². The van der Waals surface area contributed by atoms with Gasteiger partial charge in [0.05, 0.1) is 0 Å². The van der Waals surface area contributed by atoms with Crippen molar-refractivity contribution in [1.29, 1.82) is 0 Å². The van der Waals surface area contributed by atoms with Gasteiger partial charge in [-0.15, -0.1) is 0 Å². The minimum Gasteiger partial charge on any atom is -0.314 e. The van der Waals surface area contributed by atoms with Gasteiger partial charge in [-0.2, -0.15) is 17.0 Å². The first-order chi connectivity index (χ1) is 10.1. The van der Waals surface area contributed by atoms with Crippen molar-refractivity contribution in [3.05, 3.63) is 0 Å². The van der Waals surface area contributed by atoms with Gasteiger partial charge in [-0.25, -0.2) is 0 Å². The van der Waals surface area contributed by atoms with Crippen LogP contribution in [0, 0.1) is 11.8 Å². The van der Waals surface area contributed by atoms with Gasteiger partial charge in [0.15, 0.2) is 0 Å². The number of rotatable bonds is 11. The van der Waals surface area contributed by atoms with Gasteiger partial charge in [0, 0.05) is 32.7 Å². The summed E-state index contributed by atoms with van der Waals surface area (Å²) in [6.45, 7) is 3.02. The van der Waals surface area contributed by atoms with Gasteiger partial charge in [0.1, 0.15) is 0 Å². The van der Waals surface area contributed by atoms with E-state index in [4.69, 9.17) is 0 Å². The molecule has 0 atom stereocenters. The van der Waals surface area contributed by atoms with Crippen molar-refractivity contribution in [2.24, 2.45) is 11.8 Å². The molecule has 0 aromatic rings. The van der Waals surface area contributed by atoms with E-state index in [0.29, 0.717) is 24.4 Å². The Kier molecular flexibility index (Phi) is 4.88. The lowest BCUT2D eigenvalue weighted by Gasteiger charge is -2.27. The van der Waals surface area contributed by atoms with Crippen molar-refractivity contribution in [1.82, 2.24) is 13.9 Å². The van der Waals surface area contributed by atoms with E-state index < -0.39 is 10.2 Å². The van der Waals surface area contributed by atoms with Crippen molar-refractivity contribution < 1.29 is 8.42 Å². The van der Waals surface area contributed by atoms with Gasteiger partial charge in [-0.1, -0.05) is 0 Å². The molecule has 0 aromatic heterocycles. The molecule has 0 unspecified atom stereocenters. The summed E-state index contributed by atoms with van der Waals surface area (Å²) in [7, 11) is -1.52. The largest absolute Gasteiger partial charge is 0.314 e. The Morgan fingerprint density at radius 3 is 2.05 bits per heavy atom. The molecule has 0 aliphatic heterocycles. The molecule has 0 amide bonds. The summed E-state index contributed by atoms with van der Waals surface area (Å²) in [5, 5.41) is 3.44. The lowest BCUT2D eigenvalue weighted by molar-refractivity contribution is 0.337. The van der Waals surface area contributed by atoms with E-state index in [1.54, 1.807) is 15.7 Å². The molecule has 5 nitrogen and oxygen atoms in total. The predicted molar refractivity (Wildman–Crippen MR) is 84.2 cm³/mol. The fraction of sp³-hybridized carbons (Fsp3) is 1.00. The maximum absolute atomic E-state index is 12.7. The van der Waals surface area contributed by atoms with Gasteiger partial charge in [0.2, 0.25) is 0 Å². The van der Waals surface area contributed by atoms with Gasteiger partial charge >= 0.3 is 0 Å². The average molecular weight is 315 g/mol. The van der Waals surface area contributed by atoms with Crippen molar-refractivity contribution in [3.63, 3.8) is 0 Å². The highest BCUT2D eigenvalue weighted by Gasteiger charge is 2.36. The van der Waals surface area contributed by atoms with Crippen LogP contribution in [0.25, 0.3) is 0 Å². The van der Waals surface area contributed by atoms with E-state index in [2.05, 4.69) is 5.32 Å². The van der Waals surface area contributed by atoms with E-state index >= 15 is 0 Å². The van der Waals surface area contributed by atoms with E-state index in [0.717, 1.165) is 26.1 Å². The molecule has 3 saturated carbocycles. The van der Waals surface area contributed by atoms with Crippen LogP contribution >= 0.6 is 0 Å². The van der Waals surface area contributed by atoms with Crippen LogP contribution < -0.4 is 5.32 Å². The summed E-state index contributed by atoms with van der Waals surface area (Å²) in [6, 6.07) is 0.702. The van der Waals surface area contributed by atoms with Gasteiger partial charge in [-0.05, 0) is 63.3 Å². The fourth-order valence-corrected chi connectivity index (χ4v) is 4.20. The van der Waals surface area contributed by atoms with Crippen LogP contribution in [0.15, 0.2) is 0 Å². The van der Waals surface area contributed by atoms with E-state index in [9.17, 15) is 8.42 Å².